The van der Waals surface area contributed by atoms with Crippen LogP contribution in [-0.2, 0) is 9.47 Å². The minimum absolute atomic E-state index is 0.281. The number of hydrogen-bond acceptors (Lipinski definition) is 14. The van der Waals surface area contributed by atoms with Gasteiger partial charge in [0.05, 0.1) is 26.4 Å². The van der Waals surface area contributed by atoms with Gasteiger partial charge in [0.25, 0.3) is 0 Å². The van der Waals surface area contributed by atoms with Gasteiger partial charge in [-0.2, -0.15) is 4.98 Å². The zero-order chi connectivity index (χ0) is 40.7. The minimum atomic E-state index is 0.281. The van der Waals surface area contributed by atoms with Crippen molar-refractivity contribution in [2.75, 3.05) is 100 Å². The van der Waals surface area contributed by atoms with Crippen LogP contribution in [0.5, 0.6) is 0 Å². The van der Waals surface area contributed by atoms with Crippen molar-refractivity contribution in [3.8, 4) is 22.3 Å². The lowest BCUT2D eigenvalue weighted by Crippen LogP contribution is -2.37. The van der Waals surface area contributed by atoms with E-state index in [4.69, 9.17) is 26.8 Å². The zero-order valence-corrected chi connectivity index (χ0v) is 34.1. The van der Waals surface area contributed by atoms with Crippen LogP contribution >= 0.6 is 11.6 Å². The van der Waals surface area contributed by atoms with E-state index in [1.165, 1.54) is 0 Å². The fourth-order valence-corrected chi connectivity index (χ4v) is 6.48. The molecule has 0 amide bonds. The number of aromatic nitrogens is 6. The lowest BCUT2D eigenvalue weighted by Gasteiger charge is -2.26. The van der Waals surface area contributed by atoms with Crippen LogP contribution in [0.25, 0.3) is 22.3 Å². The van der Waals surface area contributed by atoms with Crippen molar-refractivity contribution in [3.63, 3.8) is 0 Å². The maximum atomic E-state index is 5.70. The van der Waals surface area contributed by atoms with Crippen LogP contribution in [0, 0.1) is 0 Å². The minimum Gasteiger partial charge on any atom is -0.399 e. The number of morpholine rings is 2. The van der Waals surface area contributed by atoms with Gasteiger partial charge in [-0.05, 0) is 97.2 Å². The predicted molar refractivity (Wildman–Crippen MR) is 237 cm³/mol. The van der Waals surface area contributed by atoms with E-state index in [1.54, 1.807) is 24.8 Å². The number of hydrogen-bond donors (Lipinski definition) is 4. The van der Waals surface area contributed by atoms with Crippen LogP contribution in [-0.4, -0.2) is 118 Å². The highest BCUT2D eigenvalue weighted by atomic mass is 35.5. The lowest BCUT2D eigenvalue weighted by molar-refractivity contribution is 0.0378. The Morgan fingerprint density at radius 3 is 1.69 bits per heavy atom. The largest absolute Gasteiger partial charge is 0.399 e. The molecule has 14 nitrogen and oxygen atoms in total. The highest BCUT2D eigenvalue weighted by molar-refractivity contribution is 6.28. The molecule has 0 aliphatic carbocycles. The zero-order valence-electron chi connectivity index (χ0n) is 33.3. The van der Waals surface area contributed by atoms with E-state index in [-0.39, 0.29) is 5.28 Å². The smallest absolute Gasteiger partial charge is 0.229 e. The first-order chi connectivity index (χ1) is 29.1. The molecule has 5 N–H and O–H groups in total. The quantitative estimate of drug-likeness (QED) is 0.0504. The highest BCUT2D eigenvalue weighted by Crippen LogP contribution is 2.24. The highest BCUT2D eigenvalue weighted by Gasteiger charge is 2.10. The van der Waals surface area contributed by atoms with Gasteiger partial charge in [0.1, 0.15) is 11.6 Å². The monoisotopic (exact) mass is 816 g/mol. The molecule has 6 aromatic rings. The van der Waals surface area contributed by atoms with Crippen molar-refractivity contribution in [1.29, 1.82) is 0 Å². The molecule has 4 aromatic heterocycles. The normalized spacial score (nSPS) is 14.2. The van der Waals surface area contributed by atoms with Crippen LogP contribution < -0.4 is 21.7 Å². The third-order valence-corrected chi connectivity index (χ3v) is 9.58. The van der Waals surface area contributed by atoms with E-state index in [9.17, 15) is 0 Å². The summed E-state index contributed by atoms with van der Waals surface area (Å²) < 4.78 is 10.7. The molecule has 0 saturated carbocycles. The number of nitrogens with zero attached hydrogens (tertiary/aromatic N) is 8. The lowest BCUT2D eigenvalue weighted by atomic mass is 10.1. The standard InChI is InChI=1S/C22H26N6O.C11H17ClN4O.C11H10N2/c1-4-18(19-5-2-8-23-17-19)16-20(6-1)26-22-25-10-7-21(27-22)24-9-3-11-28-12-14-29-15-13-28;12-11-14-4-2-10(15-11)13-3-1-5-16-6-8-17-9-7-16;12-11-5-1-3-9(7-11)10-4-2-6-13-8-10/h1-2,4-8,10,16-17H,3,9,11-15H2,(H2,24,25,26,27);2,4H,1,3,5-9H2,(H,13,14,15);1-8H,12H2. The van der Waals surface area contributed by atoms with E-state index >= 15 is 0 Å². The van der Waals surface area contributed by atoms with Crippen LogP contribution in [0.1, 0.15) is 12.8 Å². The molecule has 2 aliphatic rings. The molecule has 0 bridgehead atoms. The van der Waals surface area contributed by atoms with Gasteiger partial charge in [-0.25, -0.2) is 15.0 Å². The number of anilines is 5. The summed E-state index contributed by atoms with van der Waals surface area (Å²) in [5.41, 5.74) is 11.8. The molecule has 0 spiro atoms. The molecule has 59 heavy (non-hydrogen) atoms. The summed E-state index contributed by atoms with van der Waals surface area (Å²) in [6.07, 6.45) is 12.8. The Morgan fingerprint density at radius 1 is 0.593 bits per heavy atom. The van der Waals surface area contributed by atoms with Gasteiger partial charge in [-0.15, -0.1) is 0 Å². The third kappa shape index (κ3) is 15.5. The van der Waals surface area contributed by atoms with E-state index in [2.05, 4.69) is 67.8 Å². The molecule has 8 rings (SSSR count). The number of nitrogens with two attached hydrogens (primary N) is 1. The number of halogens is 1. The molecule has 0 unspecified atom stereocenters. The van der Waals surface area contributed by atoms with Gasteiger partial charge in [0.15, 0.2) is 0 Å². The van der Waals surface area contributed by atoms with Crippen LogP contribution in [0.15, 0.2) is 122 Å². The summed E-state index contributed by atoms with van der Waals surface area (Å²) >= 11 is 5.70. The Balaban J connectivity index is 0.000000165. The van der Waals surface area contributed by atoms with Gasteiger partial charge in [-0.3, -0.25) is 19.8 Å². The fourth-order valence-electron chi connectivity index (χ4n) is 6.33. The summed E-state index contributed by atoms with van der Waals surface area (Å²) in [6.45, 7) is 11.5. The number of nitrogens with one attached hydrogen (secondary N) is 3. The van der Waals surface area contributed by atoms with Crippen molar-refractivity contribution in [2.24, 2.45) is 0 Å². The molecule has 6 heterocycles. The van der Waals surface area contributed by atoms with Crippen molar-refractivity contribution in [3.05, 3.63) is 127 Å². The van der Waals surface area contributed by atoms with Crippen LogP contribution in [0.3, 0.4) is 0 Å². The van der Waals surface area contributed by atoms with Gasteiger partial charge < -0.3 is 31.2 Å². The topological polar surface area (TPSA) is 164 Å². The first kappa shape index (κ1) is 42.8. The third-order valence-electron chi connectivity index (χ3n) is 9.40. The van der Waals surface area contributed by atoms with Crippen molar-refractivity contribution in [1.82, 2.24) is 39.7 Å². The van der Waals surface area contributed by atoms with Crippen molar-refractivity contribution in [2.45, 2.75) is 12.8 Å². The van der Waals surface area contributed by atoms with Gasteiger partial charge in [-0.1, -0.05) is 36.4 Å². The number of nitrogen functional groups attached to an aromatic ring is 1. The first-order valence-corrected chi connectivity index (χ1v) is 20.4. The molecule has 0 radical (unpaired) electrons. The number of benzene rings is 2. The summed E-state index contributed by atoms with van der Waals surface area (Å²) in [7, 11) is 0. The Labute approximate surface area is 351 Å². The van der Waals surface area contributed by atoms with E-state index in [0.29, 0.717) is 5.95 Å². The molecular formula is C44H53ClN12O2. The van der Waals surface area contributed by atoms with E-state index in [0.717, 1.165) is 137 Å². The Bertz CT molecular complexity index is 2090. The van der Waals surface area contributed by atoms with Crippen LogP contribution in [0.4, 0.5) is 29.0 Å². The summed E-state index contributed by atoms with van der Waals surface area (Å²) in [5, 5.41) is 10.2. The predicted octanol–water partition coefficient (Wildman–Crippen LogP) is 7.01. The summed E-state index contributed by atoms with van der Waals surface area (Å²) in [4.78, 5) is 29.9. The summed E-state index contributed by atoms with van der Waals surface area (Å²) in [6, 6.07) is 27.6. The SMILES string of the molecule is Clc1nccc(NCCCN2CCOCC2)n1.Nc1cccc(-c2cccnc2)c1.c1cncc(-c2cccc(Nc3nccc(NCCCN4CCOCC4)n3)c2)c1. The van der Waals surface area contributed by atoms with Crippen LogP contribution in [0.2, 0.25) is 5.28 Å². The van der Waals surface area contributed by atoms with Crippen molar-refractivity contribution >= 4 is 40.6 Å². The number of rotatable bonds is 14. The maximum absolute atomic E-state index is 5.70. The number of ether oxygens (including phenoxy) is 2. The van der Waals surface area contributed by atoms with E-state index in [1.807, 2.05) is 85.2 Å². The van der Waals surface area contributed by atoms with Gasteiger partial charge in [0, 0.05) is 99.0 Å². The molecule has 308 valence electrons. The maximum Gasteiger partial charge on any atom is 0.229 e. The fraction of sp³-hybridized carbons (Fsp3) is 0.318. The average Bonchev–Trinajstić information content (AvgIpc) is 3.29. The van der Waals surface area contributed by atoms with Crippen molar-refractivity contribution < 1.29 is 9.47 Å². The molecular weight excluding hydrogens is 764 g/mol. The Hall–Kier alpha value is -5.77. The molecule has 15 heteroatoms. The molecule has 2 aliphatic heterocycles. The number of pyridine rings is 2. The second kappa shape index (κ2) is 24.2. The van der Waals surface area contributed by atoms with E-state index < -0.39 is 0 Å². The second-order valence-electron chi connectivity index (χ2n) is 13.8. The second-order valence-corrected chi connectivity index (χ2v) is 14.1. The van der Waals surface area contributed by atoms with Gasteiger partial charge in [0.2, 0.25) is 11.2 Å². The molecule has 2 saturated heterocycles. The molecule has 0 atom stereocenters. The summed E-state index contributed by atoms with van der Waals surface area (Å²) in [5.74, 6) is 2.19. The Morgan fingerprint density at radius 2 is 1.14 bits per heavy atom. The molecule has 2 fully saturated rings. The Kier molecular flexibility index (Phi) is 17.6. The molecule has 2 aromatic carbocycles. The van der Waals surface area contributed by atoms with Gasteiger partial charge >= 0.3 is 0 Å². The average molecular weight is 817 g/mol. The first-order valence-electron chi connectivity index (χ1n) is 20.0.